The summed E-state index contributed by atoms with van der Waals surface area (Å²) in [5, 5.41) is 12.9. The highest BCUT2D eigenvalue weighted by atomic mass is 16.3. The van der Waals surface area contributed by atoms with E-state index in [-0.39, 0.29) is 6.10 Å². The number of hydrogen-bond acceptors (Lipinski definition) is 3. The molecule has 3 nitrogen and oxygen atoms in total. The third-order valence-electron chi connectivity index (χ3n) is 2.31. The van der Waals surface area contributed by atoms with Crippen molar-refractivity contribution in [2.75, 3.05) is 13.1 Å². The number of aliphatic hydroxyl groups is 1. The summed E-state index contributed by atoms with van der Waals surface area (Å²) in [5.41, 5.74) is 0.969. The van der Waals surface area contributed by atoms with Gasteiger partial charge in [0.05, 0.1) is 6.10 Å². The third-order valence-corrected chi connectivity index (χ3v) is 2.31. The molecular weight excluding hydrogens is 152 g/mol. The van der Waals surface area contributed by atoms with Gasteiger partial charge in [-0.3, -0.25) is 4.98 Å². The van der Waals surface area contributed by atoms with E-state index in [4.69, 9.17) is 0 Å². The zero-order valence-electron chi connectivity index (χ0n) is 6.77. The van der Waals surface area contributed by atoms with Crippen LogP contribution in [0.2, 0.25) is 0 Å². The average Bonchev–Trinajstić information content (AvgIpc) is 2.03. The SMILES string of the molecule is O[C@H](c1ccncc1)C1CNC1. The quantitative estimate of drug-likeness (QED) is 0.662. The van der Waals surface area contributed by atoms with Crippen LogP contribution < -0.4 is 5.32 Å². The van der Waals surface area contributed by atoms with Crippen LogP contribution in [-0.2, 0) is 0 Å². The van der Waals surface area contributed by atoms with Crippen LogP contribution in [-0.4, -0.2) is 23.2 Å². The highest BCUT2D eigenvalue weighted by molar-refractivity contribution is 5.15. The first-order chi connectivity index (χ1) is 5.88. The molecule has 1 aliphatic rings. The van der Waals surface area contributed by atoms with E-state index in [2.05, 4.69) is 10.3 Å². The predicted molar refractivity (Wildman–Crippen MR) is 45.6 cm³/mol. The van der Waals surface area contributed by atoms with Gasteiger partial charge in [0, 0.05) is 31.4 Å². The summed E-state index contributed by atoms with van der Waals surface area (Å²) in [6.07, 6.45) is 3.10. The van der Waals surface area contributed by atoms with Crippen molar-refractivity contribution < 1.29 is 5.11 Å². The number of rotatable bonds is 2. The summed E-state index contributed by atoms with van der Waals surface area (Å²) >= 11 is 0. The molecule has 0 amide bonds. The number of hydrogen-bond donors (Lipinski definition) is 2. The summed E-state index contributed by atoms with van der Waals surface area (Å²) in [6.45, 7) is 1.84. The van der Waals surface area contributed by atoms with Crippen molar-refractivity contribution in [1.82, 2.24) is 10.3 Å². The molecule has 0 unspecified atom stereocenters. The first-order valence-electron chi connectivity index (χ1n) is 4.16. The molecule has 2 heterocycles. The van der Waals surface area contributed by atoms with Gasteiger partial charge in [-0.15, -0.1) is 0 Å². The van der Waals surface area contributed by atoms with Crippen LogP contribution in [0.3, 0.4) is 0 Å². The number of aliphatic hydroxyl groups excluding tert-OH is 1. The van der Waals surface area contributed by atoms with Crippen molar-refractivity contribution in [3.63, 3.8) is 0 Å². The van der Waals surface area contributed by atoms with Crippen molar-refractivity contribution in [3.05, 3.63) is 30.1 Å². The molecule has 0 aromatic carbocycles. The van der Waals surface area contributed by atoms with Gasteiger partial charge in [0.25, 0.3) is 0 Å². The lowest BCUT2D eigenvalue weighted by Gasteiger charge is -2.31. The molecule has 1 fully saturated rings. The number of nitrogens with zero attached hydrogens (tertiary/aromatic N) is 1. The zero-order valence-corrected chi connectivity index (χ0v) is 6.77. The molecule has 1 aromatic heterocycles. The van der Waals surface area contributed by atoms with E-state index >= 15 is 0 Å². The van der Waals surface area contributed by atoms with Crippen LogP contribution in [0.15, 0.2) is 24.5 Å². The van der Waals surface area contributed by atoms with Crippen molar-refractivity contribution in [1.29, 1.82) is 0 Å². The van der Waals surface area contributed by atoms with Crippen LogP contribution in [0, 0.1) is 5.92 Å². The molecule has 1 saturated heterocycles. The Morgan fingerprint density at radius 2 is 2.08 bits per heavy atom. The summed E-state index contributed by atoms with van der Waals surface area (Å²) in [4.78, 5) is 3.90. The van der Waals surface area contributed by atoms with Gasteiger partial charge in [-0.2, -0.15) is 0 Å². The minimum absolute atomic E-state index is 0.325. The smallest absolute Gasteiger partial charge is 0.0843 e. The van der Waals surface area contributed by atoms with Crippen LogP contribution >= 0.6 is 0 Å². The van der Waals surface area contributed by atoms with Gasteiger partial charge >= 0.3 is 0 Å². The van der Waals surface area contributed by atoms with E-state index in [0.29, 0.717) is 5.92 Å². The Morgan fingerprint density at radius 3 is 2.58 bits per heavy atom. The van der Waals surface area contributed by atoms with Crippen LogP contribution in [0.1, 0.15) is 11.7 Å². The highest BCUT2D eigenvalue weighted by Crippen LogP contribution is 2.23. The number of aromatic nitrogens is 1. The normalized spacial score (nSPS) is 20.1. The largest absolute Gasteiger partial charge is 0.388 e. The first kappa shape index (κ1) is 7.71. The van der Waals surface area contributed by atoms with Crippen molar-refractivity contribution in [2.45, 2.75) is 6.10 Å². The standard InChI is InChI=1S/C9H12N2O/c12-9(8-5-11-6-8)7-1-3-10-4-2-7/h1-4,8-9,11-12H,5-6H2/t9-/m1/s1. The van der Waals surface area contributed by atoms with Gasteiger partial charge in [0.15, 0.2) is 0 Å². The molecule has 1 atom stereocenters. The summed E-state index contributed by atoms with van der Waals surface area (Å²) in [6, 6.07) is 3.73. The molecule has 0 spiro atoms. The Bertz CT molecular complexity index is 246. The summed E-state index contributed by atoms with van der Waals surface area (Å²) in [7, 11) is 0. The molecule has 1 aliphatic heterocycles. The summed E-state index contributed by atoms with van der Waals surface area (Å²) in [5.74, 6) is 0.382. The lowest BCUT2D eigenvalue weighted by Crippen LogP contribution is -2.45. The topological polar surface area (TPSA) is 45.2 Å². The Morgan fingerprint density at radius 1 is 1.42 bits per heavy atom. The van der Waals surface area contributed by atoms with E-state index < -0.39 is 0 Å². The Balaban J connectivity index is 2.08. The molecule has 3 heteroatoms. The second-order valence-electron chi connectivity index (χ2n) is 3.14. The maximum absolute atomic E-state index is 9.77. The van der Waals surface area contributed by atoms with Gasteiger partial charge in [0.2, 0.25) is 0 Å². The lowest BCUT2D eigenvalue weighted by atomic mass is 9.92. The number of nitrogens with one attached hydrogen (secondary N) is 1. The maximum atomic E-state index is 9.77. The Labute approximate surface area is 71.4 Å². The van der Waals surface area contributed by atoms with Crippen molar-refractivity contribution in [2.24, 2.45) is 5.92 Å². The highest BCUT2D eigenvalue weighted by Gasteiger charge is 2.25. The first-order valence-corrected chi connectivity index (χ1v) is 4.16. The second-order valence-corrected chi connectivity index (χ2v) is 3.14. The van der Waals surface area contributed by atoms with Gasteiger partial charge in [-0.05, 0) is 17.7 Å². The van der Waals surface area contributed by atoms with Crippen LogP contribution in [0.5, 0.6) is 0 Å². The Hall–Kier alpha value is -0.930. The van der Waals surface area contributed by atoms with Crippen LogP contribution in [0.25, 0.3) is 0 Å². The molecule has 0 bridgehead atoms. The maximum Gasteiger partial charge on any atom is 0.0843 e. The van der Waals surface area contributed by atoms with Gasteiger partial charge < -0.3 is 10.4 Å². The molecule has 0 aliphatic carbocycles. The summed E-state index contributed by atoms with van der Waals surface area (Å²) < 4.78 is 0. The monoisotopic (exact) mass is 164 g/mol. The van der Waals surface area contributed by atoms with Crippen LogP contribution in [0.4, 0.5) is 0 Å². The minimum Gasteiger partial charge on any atom is -0.388 e. The molecule has 0 saturated carbocycles. The fourth-order valence-corrected chi connectivity index (χ4v) is 1.37. The zero-order chi connectivity index (χ0) is 8.39. The van der Waals surface area contributed by atoms with E-state index in [1.807, 2.05) is 12.1 Å². The van der Waals surface area contributed by atoms with Crippen molar-refractivity contribution in [3.8, 4) is 0 Å². The average molecular weight is 164 g/mol. The second kappa shape index (κ2) is 3.21. The van der Waals surface area contributed by atoms with Gasteiger partial charge in [0.1, 0.15) is 0 Å². The lowest BCUT2D eigenvalue weighted by molar-refractivity contribution is 0.0766. The molecular formula is C9H12N2O. The molecule has 0 radical (unpaired) electrons. The predicted octanol–water partition coefficient (Wildman–Crippen LogP) is 0.334. The number of pyridine rings is 1. The Kier molecular flexibility index (Phi) is 2.06. The van der Waals surface area contributed by atoms with E-state index in [0.717, 1.165) is 18.7 Å². The van der Waals surface area contributed by atoms with E-state index in [1.165, 1.54) is 0 Å². The van der Waals surface area contributed by atoms with E-state index in [9.17, 15) is 5.11 Å². The van der Waals surface area contributed by atoms with Gasteiger partial charge in [-0.1, -0.05) is 0 Å². The molecule has 1 aromatic rings. The van der Waals surface area contributed by atoms with Gasteiger partial charge in [-0.25, -0.2) is 0 Å². The van der Waals surface area contributed by atoms with E-state index in [1.54, 1.807) is 12.4 Å². The molecule has 2 N–H and O–H groups in total. The molecule has 2 rings (SSSR count). The fourth-order valence-electron chi connectivity index (χ4n) is 1.37. The minimum atomic E-state index is -0.325. The third kappa shape index (κ3) is 1.33. The fraction of sp³-hybridized carbons (Fsp3) is 0.444. The van der Waals surface area contributed by atoms with Crippen molar-refractivity contribution >= 4 is 0 Å². The molecule has 12 heavy (non-hydrogen) atoms. The molecule has 64 valence electrons.